The van der Waals surface area contributed by atoms with E-state index in [1.165, 1.54) is 0 Å². The van der Waals surface area contributed by atoms with Crippen LogP contribution in [-0.4, -0.2) is 35.0 Å². The summed E-state index contributed by atoms with van der Waals surface area (Å²) in [6.45, 7) is 14.1. The van der Waals surface area contributed by atoms with Gasteiger partial charge < -0.3 is 10.2 Å². The zero-order valence-corrected chi connectivity index (χ0v) is 14.1. The van der Waals surface area contributed by atoms with Crippen molar-refractivity contribution in [1.29, 1.82) is 0 Å². The van der Waals surface area contributed by atoms with Gasteiger partial charge in [0.25, 0.3) is 5.56 Å². The molecule has 0 fully saturated rings. The summed E-state index contributed by atoms with van der Waals surface area (Å²) in [6, 6.07) is 1.69. The molecule has 1 aromatic heterocycles. The molecule has 0 amide bonds. The van der Waals surface area contributed by atoms with Gasteiger partial charge in [-0.05, 0) is 54.0 Å². The molecule has 0 atom stereocenters. The fourth-order valence-corrected chi connectivity index (χ4v) is 2.20. The van der Waals surface area contributed by atoms with Gasteiger partial charge in [0.2, 0.25) is 0 Å². The number of anilines is 1. The Morgan fingerprint density at radius 3 is 2.43 bits per heavy atom. The summed E-state index contributed by atoms with van der Waals surface area (Å²) in [5.41, 5.74) is 1.05. The highest BCUT2D eigenvalue weighted by Crippen LogP contribution is 2.08. The third kappa shape index (κ3) is 6.29. The fraction of sp³-hybridized carbons (Fsp3) is 0.750. The van der Waals surface area contributed by atoms with Crippen LogP contribution in [0.2, 0.25) is 0 Å². The number of unbranched alkanes of at least 4 members (excludes halogenated alkanes) is 1. The molecule has 0 radical (unpaired) electrons. The predicted molar refractivity (Wildman–Crippen MR) is 89.0 cm³/mol. The number of nitrogens with one attached hydrogen (secondary N) is 1. The average molecular weight is 294 g/mol. The van der Waals surface area contributed by atoms with Crippen molar-refractivity contribution in [3.05, 3.63) is 22.6 Å². The van der Waals surface area contributed by atoms with E-state index < -0.39 is 0 Å². The molecule has 0 saturated carbocycles. The third-order valence-corrected chi connectivity index (χ3v) is 3.44. The Morgan fingerprint density at radius 1 is 1.24 bits per heavy atom. The Kier molecular flexibility index (Phi) is 6.89. The zero-order chi connectivity index (χ0) is 15.9. The van der Waals surface area contributed by atoms with Crippen LogP contribution in [0, 0.1) is 0 Å². The Bertz CT molecular complexity index is 472. The molecule has 0 aliphatic rings. The molecule has 0 spiro atoms. The number of nitrogens with zero attached hydrogens (tertiary/aromatic N) is 3. The second kappa shape index (κ2) is 8.17. The number of hydrogen-bond acceptors (Lipinski definition) is 4. The lowest BCUT2D eigenvalue weighted by molar-refractivity contribution is 0.410. The smallest absolute Gasteiger partial charge is 0.268 e. The van der Waals surface area contributed by atoms with Gasteiger partial charge in [-0.2, -0.15) is 5.10 Å². The topological polar surface area (TPSA) is 50.2 Å². The van der Waals surface area contributed by atoms with Crippen LogP contribution in [0.15, 0.2) is 17.1 Å². The third-order valence-electron chi connectivity index (χ3n) is 3.44. The second-order valence-electron chi connectivity index (χ2n) is 6.33. The van der Waals surface area contributed by atoms with E-state index in [2.05, 4.69) is 49.9 Å². The Labute approximate surface area is 128 Å². The van der Waals surface area contributed by atoms with E-state index in [4.69, 9.17) is 0 Å². The fourth-order valence-electron chi connectivity index (χ4n) is 2.20. The van der Waals surface area contributed by atoms with Gasteiger partial charge in [-0.1, -0.05) is 0 Å². The standard InChI is InChI=1S/C16H30N4O/c1-6-19(7-2)14-12-15(21)20(18-13-14)11-9-8-10-17-16(3,4)5/h12-13,17H,6-11H2,1-5H3. The van der Waals surface area contributed by atoms with E-state index >= 15 is 0 Å². The molecule has 0 aliphatic carbocycles. The summed E-state index contributed by atoms with van der Waals surface area (Å²) < 4.78 is 1.56. The normalized spacial score (nSPS) is 11.7. The molecule has 0 unspecified atom stereocenters. The van der Waals surface area contributed by atoms with Crippen molar-refractivity contribution in [3.8, 4) is 0 Å². The van der Waals surface area contributed by atoms with Gasteiger partial charge in [0.15, 0.2) is 0 Å². The maximum absolute atomic E-state index is 12.1. The van der Waals surface area contributed by atoms with Crippen molar-refractivity contribution in [2.24, 2.45) is 0 Å². The predicted octanol–water partition coefficient (Wildman–Crippen LogP) is 2.26. The lowest BCUT2D eigenvalue weighted by atomic mass is 10.1. The maximum Gasteiger partial charge on any atom is 0.268 e. The summed E-state index contributed by atoms with van der Waals surface area (Å²) in [5.74, 6) is 0. The van der Waals surface area contributed by atoms with E-state index in [0.29, 0.717) is 6.54 Å². The molecular weight excluding hydrogens is 264 g/mol. The summed E-state index contributed by atoms with van der Waals surface area (Å²) in [7, 11) is 0. The molecule has 1 N–H and O–H groups in total. The molecule has 1 heterocycles. The van der Waals surface area contributed by atoms with Crippen molar-refractivity contribution in [3.63, 3.8) is 0 Å². The van der Waals surface area contributed by atoms with Gasteiger partial charge in [-0.25, -0.2) is 4.68 Å². The molecule has 5 heteroatoms. The minimum atomic E-state index is -0.0109. The lowest BCUT2D eigenvalue weighted by Crippen LogP contribution is -2.36. The van der Waals surface area contributed by atoms with Crippen molar-refractivity contribution < 1.29 is 0 Å². The van der Waals surface area contributed by atoms with Crippen LogP contribution in [0.4, 0.5) is 5.69 Å². The quantitative estimate of drug-likeness (QED) is 0.747. The maximum atomic E-state index is 12.1. The van der Waals surface area contributed by atoms with Crippen LogP contribution in [0.1, 0.15) is 47.5 Å². The van der Waals surface area contributed by atoms with E-state index in [0.717, 1.165) is 38.2 Å². The van der Waals surface area contributed by atoms with Gasteiger partial charge in [-0.3, -0.25) is 4.79 Å². The molecule has 21 heavy (non-hydrogen) atoms. The van der Waals surface area contributed by atoms with Crippen LogP contribution in [-0.2, 0) is 6.54 Å². The second-order valence-corrected chi connectivity index (χ2v) is 6.33. The van der Waals surface area contributed by atoms with E-state index in [1.54, 1.807) is 16.9 Å². The van der Waals surface area contributed by atoms with Crippen molar-refractivity contribution in [2.75, 3.05) is 24.5 Å². The van der Waals surface area contributed by atoms with E-state index in [9.17, 15) is 4.79 Å². The van der Waals surface area contributed by atoms with Crippen LogP contribution in [0.25, 0.3) is 0 Å². The molecule has 120 valence electrons. The summed E-state index contributed by atoms with van der Waals surface area (Å²) in [4.78, 5) is 14.2. The first-order valence-electron chi connectivity index (χ1n) is 7.94. The number of rotatable bonds is 8. The Balaban J connectivity index is 2.48. The zero-order valence-electron chi connectivity index (χ0n) is 14.1. The minimum Gasteiger partial charge on any atom is -0.371 e. The van der Waals surface area contributed by atoms with Crippen LogP contribution in [0.3, 0.4) is 0 Å². The number of aryl methyl sites for hydroxylation is 1. The first-order chi connectivity index (χ1) is 9.87. The highest BCUT2D eigenvalue weighted by atomic mass is 16.1. The molecule has 5 nitrogen and oxygen atoms in total. The summed E-state index contributed by atoms with van der Waals surface area (Å²) in [5, 5.41) is 7.73. The molecular formula is C16H30N4O. The summed E-state index contributed by atoms with van der Waals surface area (Å²) >= 11 is 0. The molecule has 0 saturated heterocycles. The van der Waals surface area contributed by atoms with Gasteiger partial charge in [-0.15, -0.1) is 0 Å². The van der Waals surface area contributed by atoms with Gasteiger partial charge in [0, 0.05) is 31.2 Å². The summed E-state index contributed by atoms with van der Waals surface area (Å²) in [6.07, 6.45) is 3.80. The van der Waals surface area contributed by atoms with E-state index in [1.807, 2.05) is 0 Å². The number of hydrogen-bond donors (Lipinski definition) is 1. The monoisotopic (exact) mass is 294 g/mol. The molecule has 0 aromatic carbocycles. The van der Waals surface area contributed by atoms with Gasteiger partial charge in [0.05, 0.1) is 11.9 Å². The van der Waals surface area contributed by atoms with E-state index in [-0.39, 0.29) is 11.1 Å². The molecule has 1 rings (SSSR count). The van der Waals surface area contributed by atoms with Gasteiger partial charge >= 0.3 is 0 Å². The first kappa shape index (κ1) is 17.7. The van der Waals surface area contributed by atoms with Gasteiger partial charge in [0.1, 0.15) is 0 Å². The van der Waals surface area contributed by atoms with Crippen molar-refractivity contribution >= 4 is 5.69 Å². The van der Waals surface area contributed by atoms with Crippen LogP contribution >= 0.6 is 0 Å². The molecule has 1 aromatic rings. The highest BCUT2D eigenvalue weighted by molar-refractivity contribution is 5.42. The molecule has 0 aliphatic heterocycles. The van der Waals surface area contributed by atoms with Crippen LogP contribution in [0.5, 0.6) is 0 Å². The largest absolute Gasteiger partial charge is 0.371 e. The lowest BCUT2D eigenvalue weighted by Gasteiger charge is -2.21. The Hall–Kier alpha value is -1.36. The van der Waals surface area contributed by atoms with Crippen molar-refractivity contribution in [1.82, 2.24) is 15.1 Å². The SMILES string of the molecule is CCN(CC)c1cnn(CCCCNC(C)(C)C)c(=O)c1. The molecule has 0 bridgehead atoms. The first-order valence-corrected chi connectivity index (χ1v) is 7.94. The van der Waals surface area contributed by atoms with Crippen LogP contribution < -0.4 is 15.8 Å². The van der Waals surface area contributed by atoms with Crippen molar-refractivity contribution in [2.45, 2.75) is 59.5 Å². The highest BCUT2D eigenvalue weighted by Gasteiger charge is 2.08. The minimum absolute atomic E-state index is 0.0109. The number of aromatic nitrogens is 2. The average Bonchev–Trinajstić information content (AvgIpc) is 2.40. The Morgan fingerprint density at radius 2 is 1.90 bits per heavy atom.